The van der Waals surface area contributed by atoms with Gasteiger partial charge in [-0.15, -0.1) is 0 Å². The van der Waals surface area contributed by atoms with Crippen molar-refractivity contribution in [3.8, 4) is 0 Å². The van der Waals surface area contributed by atoms with Gasteiger partial charge in [0.25, 0.3) is 0 Å². The van der Waals surface area contributed by atoms with Gasteiger partial charge in [-0.05, 0) is 25.5 Å². The highest BCUT2D eigenvalue weighted by atomic mass is 32.2. The van der Waals surface area contributed by atoms with E-state index in [0.717, 1.165) is 25.8 Å². The van der Waals surface area contributed by atoms with Gasteiger partial charge in [0.05, 0.1) is 15.7 Å². The maximum absolute atomic E-state index is 12.1. The lowest BCUT2D eigenvalue weighted by atomic mass is 10.1. The zero-order chi connectivity index (χ0) is 13.0. The van der Waals surface area contributed by atoms with E-state index in [0.29, 0.717) is 5.75 Å². The van der Waals surface area contributed by atoms with E-state index in [9.17, 15) is 14.3 Å². The minimum atomic E-state index is -1.43. The third kappa shape index (κ3) is 3.11. The van der Waals surface area contributed by atoms with E-state index in [4.69, 9.17) is 0 Å². The first-order valence-corrected chi connectivity index (χ1v) is 7.21. The lowest BCUT2D eigenvalue weighted by molar-refractivity contribution is -0.388. The van der Waals surface area contributed by atoms with Crippen LogP contribution in [0.4, 0.5) is 5.69 Å². The van der Waals surface area contributed by atoms with Crippen LogP contribution in [-0.4, -0.2) is 32.5 Å². The molecule has 1 aromatic rings. The number of nitrogens with zero attached hydrogens (tertiary/aromatic N) is 2. The van der Waals surface area contributed by atoms with Crippen molar-refractivity contribution < 1.29 is 9.13 Å². The summed E-state index contributed by atoms with van der Waals surface area (Å²) in [5.41, 5.74) is -0.161. The van der Waals surface area contributed by atoms with Crippen LogP contribution in [0.3, 0.4) is 0 Å². The number of hydrogen-bond acceptors (Lipinski definition) is 5. The summed E-state index contributed by atoms with van der Waals surface area (Å²) in [7, 11) is -1.43. The van der Waals surface area contributed by atoms with Crippen molar-refractivity contribution in [3.63, 3.8) is 0 Å². The van der Waals surface area contributed by atoms with E-state index in [1.807, 2.05) is 0 Å². The smallest absolute Gasteiger partial charge is 0.303 e. The molecule has 2 rings (SSSR count). The Labute approximate surface area is 107 Å². The normalized spacial score (nSPS) is 21.4. The lowest BCUT2D eigenvalue weighted by Gasteiger charge is -2.22. The van der Waals surface area contributed by atoms with Crippen molar-refractivity contribution in [2.75, 3.05) is 12.3 Å². The van der Waals surface area contributed by atoms with Gasteiger partial charge < -0.3 is 5.32 Å². The molecule has 1 aromatic heterocycles. The molecule has 0 aliphatic carbocycles. The molecule has 1 fully saturated rings. The molecule has 98 valence electrons. The number of rotatable bonds is 4. The van der Waals surface area contributed by atoms with Crippen molar-refractivity contribution in [3.05, 3.63) is 28.4 Å². The third-order valence-electron chi connectivity index (χ3n) is 2.93. The zero-order valence-corrected chi connectivity index (χ0v) is 10.7. The van der Waals surface area contributed by atoms with Crippen LogP contribution in [0.15, 0.2) is 23.4 Å². The molecule has 0 bridgehead atoms. The van der Waals surface area contributed by atoms with E-state index in [1.54, 1.807) is 0 Å². The third-order valence-corrected chi connectivity index (χ3v) is 4.38. The Morgan fingerprint density at radius 3 is 3.06 bits per heavy atom. The molecule has 1 aliphatic rings. The van der Waals surface area contributed by atoms with Gasteiger partial charge in [0, 0.05) is 24.1 Å². The number of nitro groups is 1. The molecular formula is C11H15N3O3S. The molecule has 1 aliphatic heterocycles. The van der Waals surface area contributed by atoms with Gasteiger partial charge in [-0.2, -0.15) is 0 Å². The van der Waals surface area contributed by atoms with Crippen LogP contribution >= 0.6 is 0 Å². The fourth-order valence-electron chi connectivity index (χ4n) is 2.02. The largest absolute Gasteiger partial charge is 0.313 e. The lowest BCUT2D eigenvalue weighted by Crippen LogP contribution is -2.38. The Morgan fingerprint density at radius 1 is 1.56 bits per heavy atom. The van der Waals surface area contributed by atoms with E-state index in [2.05, 4.69) is 10.3 Å². The maximum atomic E-state index is 12.1. The van der Waals surface area contributed by atoms with E-state index in [1.165, 1.54) is 18.3 Å². The predicted octanol–water partition coefficient (Wildman–Crippen LogP) is 1.24. The molecule has 0 spiro atoms. The molecule has 2 atom stereocenters. The van der Waals surface area contributed by atoms with Crippen LogP contribution in [0.5, 0.6) is 0 Å². The molecule has 18 heavy (non-hydrogen) atoms. The van der Waals surface area contributed by atoms with Gasteiger partial charge in [-0.3, -0.25) is 14.3 Å². The highest BCUT2D eigenvalue weighted by Crippen LogP contribution is 2.20. The van der Waals surface area contributed by atoms with Gasteiger partial charge in [0.1, 0.15) is 0 Å². The molecule has 6 nitrogen and oxygen atoms in total. The summed E-state index contributed by atoms with van der Waals surface area (Å²) in [5, 5.41) is 14.2. The average Bonchev–Trinajstić information content (AvgIpc) is 2.40. The zero-order valence-electron chi connectivity index (χ0n) is 9.87. The number of pyridine rings is 1. The summed E-state index contributed by atoms with van der Waals surface area (Å²) >= 11 is 0. The van der Waals surface area contributed by atoms with Crippen molar-refractivity contribution in [2.45, 2.75) is 30.3 Å². The minimum absolute atomic E-state index is 0.0786. The van der Waals surface area contributed by atoms with Gasteiger partial charge in [0.15, 0.2) is 0 Å². The number of piperidine rings is 1. The summed E-state index contributed by atoms with van der Waals surface area (Å²) in [5.74, 6) is 0.387. The first kappa shape index (κ1) is 13.1. The Hall–Kier alpha value is -1.34. The second-order valence-electron chi connectivity index (χ2n) is 4.24. The van der Waals surface area contributed by atoms with Gasteiger partial charge in [-0.25, -0.2) is 4.98 Å². The molecule has 2 heterocycles. The molecule has 7 heteroatoms. The Kier molecular flexibility index (Phi) is 4.38. The van der Waals surface area contributed by atoms with Crippen molar-refractivity contribution in [1.82, 2.24) is 10.3 Å². The topological polar surface area (TPSA) is 85.1 Å². The average molecular weight is 269 g/mol. The minimum Gasteiger partial charge on any atom is -0.313 e. The maximum Gasteiger partial charge on any atom is 0.303 e. The molecule has 0 aromatic carbocycles. The quantitative estimate of drug-likeness (QED) is 0.656. The van der Waals surface area contributed by atoms with Crippen LogP contribution in [0.1, 0.15) is 19.3 Å². The van der Waals surface area contributed by atoms with Crippen molar-refractivity contribution >= 4 is 16.5 Å². The van der Waals surface area contributed by atoms with E-state index >= 15 is 0 Å². The van der Waals surface area contributed by atoms with Crippen LogP contribution < -0.4 is 5.32 Å². The molecule has 1 N–H and O–H groups in total. The highest BCUT2D eigenvalue weighted by molar-refractivity contribution is 7.85. The second-order valence-corrected chi connectivity index (χ2v) is 5.65. The molecule has 0 amide bonds. The number of aromatic nitrogens is 1. The molecule has 1 saturated heterocycles. The van der Waals surface area contributed by atoms with Crippen molar-refractivity contribution in [2.24, 2.45) is 0 Å². The molecule has 0 saturated carbocycles. The Bertz CT molecular complexity index is 461. The van der Waals surface area contributed by atoms with Gasteiger partial charge in [0.2, 0.25) is 5.03 Å². The molecule has 0 unspecified atom stereocenters. The molecule has 0 radical (unpaired) electrons. The fraction of sp³-hybridized carbons (Fsp3) is 0.545. The first-order chi connectivity index (χ1) is 8.68. The van der Waals surface area contributed by atoms with Crippen LogP contribution in [-0.2, 0) is 10.8 Å². The Balaban J connectivity index is 2.10. The molecular weight excluding hydrogens is 254 g/mol. The Morgan fingerprint density at radius 2 is 2.39 bits per heavy atom. The SMILES string of the molecule is O=[N+]([O-])c1cccnc1[S@](=O)C[C@H]1CCCCN1. The standard InChI is InChI=1S/C11H15N3O3S/c15-14(16)10-5-3-7-13-11(10)18(17)8-9-4-1-2-6-12-9/h3,5,7,9,12H,1-2,4,6,8H2/t9-,18-/m1/s1. The predicted molar refractivity (Wildman–Crippen MR) is 67.8 cm³/mol. The van der Waals surface area contributed by atoms with E-state index in [-0.39, 0.29) is 16.8 Å². The van der Waals surface area contributed by atoms with Gasteiger partial charge in [-0.1, -0.05) is 6.42 Å². The number of nitrogens with one attached hydrogen (secondary N) is 1. The summed E-state index contributed by atoms with van der Waals surface area (Å²) in [6, 6.07) is 2.99. The summed E-state index contributed by atoms with van der Waals surface area (Å²) in [6.45, 7) is 0.923. The number of hydrogen-bond donors (Lipinski definition) is 1. The monoisotopic (exact) mass is 269 g/mol. The highest BCUT2D eigenvalue weighted by Gasteiger charge is 2.23. The van der Waals surface area contributed by atoms with Crippen LogP contribution in [0.2, 0.25) is 0 Å². The second kappa shape index (κ2) is 6.01. The van der Waals surface area contributed by atoms with E-state index < -0.39 is 15.7 Å². The first-order valence-electron chi connectivity index (χ1n) is 5.89. The van der Waals surface area contributed by atoms with Crippen molar-refractivity contribution in [1.29, 1.82) is 0 Å². The summed E-state index contributed by atoms with van der Waals surface area (Å²) in [4.78, 5) is 14.2. The van der Waals surface area contributed by atoms with Crippen LogP contribution in [0.25, 0.3) is 0 Å². The fourth-order valence-corrected chi connectivity index (χ4v) is 3.39. The summed E-state index contributed by atoms with van der Waals surface area (Å²) in [6.07, 6.45) is 4.65. The van der Waals surface area contributed by atoms with Gasteiger partial charge >= 0.3 is 5.69 Å². The summed E-state index contributed by atoms with van der Waals surface area (Å²) < 4.78 is 12.1. The van der Waals surface area contributed by atoms with Crippen LogP contribution in [0, 0.1) is 10.1 Å².